The first-order valence-corrected chi connectivity index (χ1v) is 14.1. The van der Waals surface area contributed by atoms with E-state index in [4.69, 9.17) is 0 Å². The summed E-state index contributed by atoms with van der Waals surface area (Å²) < 4.78 is 0. The first-order valence-electron chi connectivity index (χ1n) is 14.1. The molecule has 0 spiro atoms. The zero-order valence-corrected chi connectivity index (χ0v) is 21.5. The van der Waals surface area contributed by atoms with Crippen molar-refractivity contribution < 1.29 is 9.59 Å². The van der Waals surface area contributed by atoms with Gasteiger partial charge in [-0.3, -0.25) is 9.59 Å². The molecule has 3 aromatic carbocycles. The molecule has 4 heteroatoms. The molecule has 0 bridgehead atoms. The molecule has 3 aliphatic carbocycles. The number of hydrogen-bond acceptors (Lipinski definition) is 4. The Morgan fingerprint density at radius 3 is 1.84 bits per heavy atom. The van der Waals surface area contributed by atoms with Crippen molar-refractivity contribution in [2.75, 3.05) is 10.6 Å². The molecule has 2 unspecified atom stereocenters. The number of carbonyl (C=O) groups excluding carboxylic acids is 2. The lowest BCUT2D eigenvalue weighted by molar-refractivity contribution is 0.0980. The van der Waals surface area contributed by atoms with Crippen molar-refractivity contribution in [3.8, 4) is 0 Å². The van der Waals surface area contributed by atoms with Gasteiger partial charge in [0.05, 0.1) is 11.1 Å². The fourth-order valence-electron chi connectivity index (χ4n) is 6.69. The maximum Gasteiger partial charge on any atom is 0.196 e. The summed E-state index contributed by atoms with van der Waals surface area (Å²) in [5.74, 6) is 0.403. The van der Waals surface area contributed by atoms with Crippen LogP contribution in [0.1, 0.15) is 95.2 Å². The molecule has 3 aliphatic rings. The maximum absolute atomic E-state index is 13.9. The molecule has 0 saturated heterocycles. The van der Waals surface area contributed by atoms with Crippen molar-refractivity contribution in [2.45, 2.75) is 76.3 Å². The van der Waals surface area contributed by atoms with Gasteiger partial charge in [-0.15, -0.1) is 0 Å². The van der Waals surface area contributed by atoms with Crippen LogP contribution in [0.2, 0.25) is 0 Å². The van der Waals surface area contributed by atoms with Crippen molar-refractivity contribution >= 4 is 22.9 Å². The molecule has 3 aromatic rings. The molecule has 4 nitrogen and oxygen atoms in total. The van der Waals surface area contributed by atoms with Gasteiger partial charge in [0.1, 0.15) is 0 Å². The van der Waals surface area contributed by atoms with Crippen LogP contribution >= 0.6 is 0 Å². The highest BCUT2D eigenvalue weighted by atomic mass is 16.1. The molecule has 2 fully saturated rings. The van der Waals surface area contributed by atoms with E-state index in [-0.39, 0.29) is 17.6 Å². The van der Waals surface area contributed by atoms with E-state index in [1.165, 1.54) is 44.1 Å². The molecule has 0 aliphatic heterocycles. The van der Waals surface area contributed by atoms with Crippen LogP contribution in [0.4, 0.5) is 11.4 Å². The Morgan fingerprint density at radius 1 is 0.595 bits per heavy atom. The molecule has 190 valence electrons. The zero-order chi connectivity index (χ0) is 25.2. The van der Waals surface area contributed by atoms with E-state index in [2.05, 4.69) is 41.0 Å². The number of nitrogens with one attached hydrogen (secondary N) is 2. The molecule has 2 atom stereocenters. The minimum atomic E-state index is -0.0459. The van der Waals surface area contributed by atoms with Gasteiger partial charge in [-0.25, -0.2) is 0 Å². The van der Waals surface area contributed by atoms with Crippen molar-refractivity contribution in [1.82, 2.24) is 0 Å². The van der Waals surface area contributed by atoms with Gasteiger partial charge in [-0.05, 0) is 55.7 Å². The van der Waals surface area contributed by atoms with Crippen LogP contribution in [0, 0.1) is 5.92 Å². The third kappa shape index (κ3) is 4.82. The summed E-state index contributed by atoms with van der Waals surface area (Å²) in [5, 5.41) is 7.45. The van der Waals surface area contributed by atoms with E-state index in [1.54, 1.807) is 12.1 Å². The Labute approximate surface area is 219 Å². The fraction of sp³-hybridized carbons (Fsp3) is 0.394. The predicted octanol–water partition coefficient (Wildman–Crippen LogP) is 7.42. The molecule has 37 heavy (non-hydrogen) atoms. The number of rotatable bonds is 6. The van der Waals surface area contributed by atoms with Crippen LogP contribution in [-0.4, -0.2) is 23.7 Å². The molecule has 0 amide bonds. The monoisotopic (exact) mass is 492 g/mol. The first kappa shape index (κ1) is 24.0. The van der Waals surface area contributed by atoms with E-state index in [1.807, 2.05) is 24.3 Å². The van der Waals surface area contributed by atoms with Gasteiger partial charge in [0, 0.05) is 34.6 Å². The molecule has 0 heterocycles. The number of hydrogen-bond donors (Lipinski definition) is 2. The fourth-order valence-corrected chi connectivity index (χ4v) is 6.69. The Balaban J connectivity index is 1.36. The normalized spacial score (nSPS) is 21.7. The summed E-state index contributed by atoms with van der Waals surface area (Å²) in [6.07, 6.45) is 11.6. The number of benzene rings is 3. The molecular formula is C33H36N2O2. The second-order valence-corrected chi connectivity index (χ2v) is 11.1. The van der Waals surface area contributed by atoms with Gasteiger partial charge in [0.2, 0.25) is 0 Å². The summed E-state index contributed by atoms with van der Waals surface area (Å²) in [7, 11) is 0. The van der Waals surface area contributed by atoms with Gasteiger partial charge >= 0.3 is 0 Å². The molecule has 2 saturated carbocycles. The molecule has 0 aromatic heterocycles. The zero-order valence-electron chi connectivity index (χ0n) is 21.5. The van der Waals surface area contributed by atoms with Crippen LogP contribution in [0.3, 0.4) is 0 Å². The highest BCUT2D eigenvalue weighted by Crippen LogP contribution is 2.39. The first-order chi connectivity index (χ1) is 18.2. The van der Waals surface area contributed by atoms with E-state index in [9.17, 15) is 9.59 Å². The lowest BCUT2D eigenvalue weighted by Crippen LogP contribution is -2.35. The summed E-state index contributed by atoms with van der Waals surface area (Å²) in [6, 6.07) is 22.7. The summed E-state index contributed by atoms with van der Waals surface area (Å²) in [4.78, 5) is 27.8. The summed E-state index contributed by atoms with van der Waals surface area (Å²) in [5.41, 5.74) is 5.11. The molecular weight excluding hydrogens is 456 g/mol. The van der Waals surface area contributed by atoms with E-state index in [0.29, 0.717) is 34.2 Å². The number of anilines is 2. The van der Waals surface area contributed by atoms with Gasteiger partial charge in [-0.2, -0.15) is 0 Å². The topological polar surface area (TPSA) is 58.2 Å². The van der Waals surface area contributed by atoms with Crippen LogP contribution in [-0.2, 0) is 6.42 Å². The van der Waals surface area contributed by atoms with Gasteiger partial charge < -0.3 is 10.6 Å². The Hall–Kier alpha value is -3.40. The molecule has 2 N–H and O–H groups in total. The van der Waals surface area contributed by atoms with E-state index < -0.39 is 0 Å². The quantitative estimate of drug-likeness (QED) is 0.294. The van der Waals surface area contributed by atoms with Crippen molar-refractivity contribution in [2.24, 2.45) is 5.92 Å². The standard InChI is InChI=1S/C33H36N2O2/c36-32-25-16-8-9-17-26(25)33(37)31-29(20-19-28(30(31)32)34-24-14-5-2-6-15-24)35-27-18-10-7-13-23(27)21-22-11-3-1-4-12-22/h1,3-4,8-9,11-12,16-17,19-20,23-24,27,34-35H,2,5-7,10,13-15,18,21H2. The third-order valence-corrected chi connectivity index (χ3v) is 8.63. The number of ketones is 2. The van der Waals surface area contributed by atoms with Crippen molar-refractivity contribution in [1.29, 1.82) is 0 Å². The van der Waals surface area contributed by atoms with Crippen LogP contribution in [0.5, 0.6) is 0 Å². The minimum absolute atomic E-state index is 0.0448. The smallest absolute Gasteiger partial charge is 0.196 e. The van der Waals surface area contributed by atoms with Gasteiger partial charge in [0.15, 0.2) is 11.6 Å². The lowest BCUT2D eigenvalue weighted by Gasteiger charge is -2.35. The third-order valence-electron chi connectivity index (χ3n) is 8.63. The number of carbonyl (C=O) groups is 2. The largest absolute Gasteiger partial charge is 0.382 e. The van der Waals surface area contributed by atoms with E-state index >= 15 is 0 Å². The SMILES string of the molecule is O=C1c2ccccc2C(=O)c2c(NC3CCCCC3Cc3ccccc3)ccc(NC3CCCCC3)c21. The number of fused-ring (bicyclic) bond motifs is 2. The van der Waals surface area contributed by atoms with Crippen molar-refractivity contribution in [3.05, 3.63) is 94.5 Å². The average Bonchev–Trinajstić information content (AvgIpc) is 2.94. The Kier molecular flexibility index (Phi) is 6.82. The predicted molar refractivity (Wildman–Crippen MR) is 150 cm³/mol. The Morgan fingerprint density at radius 2 is 1.16 bits per heavy atom. The van der Waals surface area contributed by atoms with E-state index in [0.717, 1.165) is 37.1 Å². The highest BCUT2D eigenvalue weighted by Gasteiger charge is 2.35. The second-order valence-electron chi connectivity index (χ2n) is 11.1. The summed E-state index contributed by atoms with van der Waals surface area (Å²) in [6.45, 7) is 0. The second kappa shape index (κ2) is 10.5. The maximum atomic E-state index is 13.9. The molecule has 6 rings (SSSR count). The Bertz CT molecular complexity index is 1290. The van der Waals surface area contributed by atoms with Crippen molar-refractivity contribution in [3.63, 3.8) is 0 Å². The average molecular weight is 493 g/mol. The van der Waals surface area contributed by atoms with Crippen LogP contribution in [0.25, 0.3) is 0 Å². The molecule has 0 radical (unpaired) electrons. The van der Waals surface area contributed by atoms with Crippen LogP contribution in [0.15, 0.2) is 66.7 Å². The summed E-state index contributed by atoms with van der Waals surface area (Å²) >= 11 is 0. The minimum Gasteiger partial charge on any atom is -0.382 e. The highest BCUT2D eigenvalue weighted by molar-refractivity contribution is 6.31. The lowest BCUT2D eigenvalue weighted by atomic mass is 9.79. The van der Waals surface area contributed by atoms with Gasteiger partial charge in [-0.1, -0.05) is 86.7 Å². The van der Waals surface area contributed by atoms with Crippen LogP contribution < -0.4 is 10.6 Å². The van der Waals surface area contributed by atoms with Gasteiger partial charge in [0.25, 0.3) is 0 Å².